The zero-order valence-electron chi connectivity index (χ0n) is 12.6. The molecule has 0 atom stereocenters. The van der Waals surface area contributed by atoms with Gasteiger partial charge in [-0.1, -0.05) is 36.4 Å². The van der Waals surface area contributed by atoms with Gasteiger partial charge in [-0.05, 0) is 11.6 Å². The van der Waals surface area contributed by atoms with E-state index < -0.39 is 10.8 Å². The van der Waals surface area contributed by atoms with Crippen molar-refractivity contribution in [2.45, 2.75) is 6.54 Å². The number of nitro groups is 1. The maximum absolute atomic E-state index is 12.1. The van der Waals surface area contributed by atoms with E-state index in [0.29, 0.717) is 6.54 Å². The van der Waals surface area contributed by atoms with Crippen molar-refractivity contribution in [3.63, 3.8) is 0 Å². The molecule has 0 aliphatic heterocycles. The van der Waals surface area contributed by atoms with Gasteiger partial charge in [0, 0.05) is 30.6 Å². The van der Waals surface area contributed by atoms with Crippen LogP contribution in [0.2, 0.25) is 0 Å². The van der Waals surface area contributed by atoms with Gasteiger partial charge in [0.2, 0.25) is 0 Å². The summed E-state index contributed by atoms with van der Waals surface area (Å²) in [6.45, 7) is 0.468. The minimum Gasteiger partial charge on any atom is -0.386 e. The maximum Gasteiger partial charge on any atom is 0.271 e. The number of nitro benzene ring substituents is 1. The molecule has 0 unspecified atom stereocenters. The van der Waals surface area contributed by atoms with Crippen LogP contribution in [-0.2, 0) is 11.3 Å². The van der Waals surface area contributed by atoms with Crippen LogP contribution in [0.4, 0.5) is 11.4 Å². The topological polar surface area (TPSA) is 108 Å². The summed E-state index contributed by atoms with van der Waals surface area (Å²) in [5.41, 5.74) is 0.985. The van der Waals surface area contributed by atoms with Gasteiger partial charge in [-0.3, -0.25) is 14.9 Å². The van der Waals surface area contributed by atoms with E-state index in [0.717, 1.165) is 5.56 Å². The number of carbonyl (C=O) groups is 1. The minimum absolute atomic E-state index is 0.127. The molecule has 0 fully saturated rings. The predicted molar refractivity (Wildman–Crippen MR) is 88.7 cm³/mol. The normalized spacial score (nSPS) is 10.5. The quantitative estimate of drug-likeness (QED) is 0.368. The lowest BCUT2D eigenvalue weighted by molar-refractivity contribution is -0.384. The van der Waals surface area contributed by atoms with Gasteiger partial charge in [-0.15, -0.1) is 0 Å². The average molecular weight is 322 g/mol. The molecule has 7 nitrogen and oxygen atoms in total. The number of rotatable bonds is 6. The molecule has 2 N–H and O–H groups in total. The molecule has 120 valence electrons. The fourth-order valence-corrected chi connectivity index (χ4v) is 1.91. The number of hydrogen-bond donors (Lipinski definition) is 2. The van der Waals surface area contributed by atoms with Crippen molar-refractivity contribution in [2.24, 2.45) is 0 Å². The second kappa shape index (κ2) is 8.10. The molecule has 24 heavy (non-hydrogen) atoms. The highest BCUT2D eigenvalue weighted by molar-refractivity contribution is 6.06. The number of anilines is 1. The van der Waals surface area contributed by atoms with E-state index in [-0.39, 0.29) is 16.9 Å². The van der Waals surface area contributed by atoms with Crippen molar-refractivity contribution in [1.29, 1.82) is 5.26 Å². The van der Waals surface area contributed by atoms with Crippen LogP contribution >= 0.6 is 0 Å². The number of amides is 1. The first-order chi connectivity index (χ1) is 11.6. The summed E-state index contributed by atoms with van der Waals surface area (Å²) >= 11 is 0. The molecule has 7 heteroatoms. The Morgan fingerprint density at radius 1 is 1.21 bits per heavy atom. The fourth-order valence-electron chi connectivity index (χ4n) is 1.91. The number of benzene rings is 2. The van der Waals surface area contributed by atoms with Gasteiger partial charge in [-0.25, -0.2) is 0 Å². The fraction of sp³-hybridized carbons (Fsp3) is 0.0588. The van der Waals surface area contributed by atoms with E-state index in [2.05, 4.69) is 10.6 Å². The van der Waals surface area contributed by atoms with Crippen LogP contribution < -0.4 is 10.6 Å². The van der Waals surface area contributed by atoms with E-state index in [1.807, 2.05) is 30.3 Å². The third-order valence-corrected chi connectivity index (χ3v) is 3.08. The van der Waals surface area contributed by atoms with Crippen LogP contribution in [-0.4, -0.2) is 10.8 Å². The lowest BCUT2D eigenvalue weighted by Gasteiger charge is -2.05. The van der Waals surface area contributed by atoms with Crippen molar-refractivity contribution >= 4 is 17.3 Å². The summed E-state index contributed by atoms with van der Waals surface area (Å²) in [6, 6.07) is 16.8. The highest BCUT2D eigenvalue weighted by atomic mass is 16.6. The Labute approximate surface area is 138 Å². The molecule has 0 aliphatic rings. The molecule has 0 heterocycles. The Bertz CT molecular complexity index is 810. The number of carbonyl (C=O) groups excluding carboxylic acids is 1. The minimum atomic E-state index is -0.640. The summed E-state index contributed by atoms with van der Waals surface area (Å²) in [6.07, 6.45) is 1.32. The van der Waals surface area contributed by atoms with E-state index in [1.165, 1.54) is 30.5 Å². The molecule has 2 aromatic rings. The van der Waals surface area contributed by atoms with E-state index >= 15 is 0 Å². The highest BCUT2D eigenvalue weighted by Crippen LogP contribution is 2.17. The van der Waals surface area contributed by atoms with Gasteiger partial charge in [0.1, 0.15) is 11.6 Å². The Morgan fingerprint density at radius 2 is 1.96 bits per heavy atom. The molecule has 2 aromatic carbocycles. The molecular weight excluding hydrogens is 308 g/mol. The van der Waals surface area contributed by atoms with Crippen LogP contribution in [0.25, 0.3) is 0 Å². The highest BCUT2D eigenvalue weighted by Gasteiger charge is 2.11. The predicted octanol–water partition coefficient (Wildman–Crippen LogP) is 2.73. The number of hydrogen-bond acceptors (Lipinski definition) is 5. The van der Waals surface area contributed by atoms with Crippen molar-refractivity contribution in [3.05, 3.63) is 82.0 Å². The van der Waals surface area contributed by atoms with Crippen LogP contribution in [0.15, 0.2) is 66.4 Å². The number of nitrogens with zero attached hydrogens (tertiary/aromatic N) is 2. The molecule has 0 bridgehead atoms. The van der Waals surface area contributed by atoms with Gasteiger partial charge in [0.15, 0.2) is 0 Å². The third-order valence-electron chi connectivity index (χ3n) is 3.08. The van der Waals surface area contributed by atoms with Crippen LogP contribution in [0.3, 0.4) is 0 Å². The second-order valence-corrected chi connectivity index (χ2v) is 4.80. The maximum atomic E-state index is 12.1. The van der Waals surface area contributed by atoms with Crippen molar-refractivity contribution in [2.75, 3.05) is 5.32 Å². The standard InChI is InChI=1S/C17H14N4O3/c18-10-14(12-19-11-13-5-2-1-3-6-13)17(22)20-15-7-4-8-16(9-15)21(23)24/h1-9,12,19H,11H2,(H,20,22)/b14-12-. The van der Waals surface area contributed by atoms with Crippen LogP contribution in [0.1, 0.15) is 5.56 Å². The summed E-state index contributed by atoms with van der Waals surface area (Å²) in [5, 5.41) is 25.2. The molecule has 0 saturated carbocycles. The largest absolute Gasteiger partial charge is 0.386 e. The zero-order chi connectivity index (χ0) is 17.4. The first-order valence-corrected chi connectivity index (χ1v) is 7.03. The number of nitriles is 1. The lowest BCUT2D eigenvalue weighted by Crippen LogP contribution is -2.16. The summed E-state index contributed by atoms with van der Waals surface area (Å²) in [4.78, 5) is 22.2. The average Bonchev–Trinajstić information content (AvgIpc) is 2.59. The number of nitrogens with one attached hydrogen (secondary N) is 2. The van der Waals surface area contributed by atoms with Gasteiger partial charge in [0.25, 0.3) is 11.6 Å². The van der Waals surface area contributed by atoms with Gasteiger partial charge in [0.05, 0.1) is 4.92 Å². The second-order valence-electron chi connectivity index (χ2n) is 4.80. The first-order valence-electron chi connectivity index (χ1n) is 7.03. The SMILES string of the molecule is N#C/C(=C/NCc1ccccc1)C(=O)Nc1cccc([N+](=O)[O-])c1. The molecule has 0 radical (unpaired) electrons. The van der Waals surface area contributed by atoms with Gasteiger partial charge >= 0.3 is 0 Å². The molecule has 0 aliphatic carbocycles. The van der Waals surface area contributed by atoms with Crippen LogP contribution in [0, 0.1) is 21.4 Å². The zero-order valence-corrected chi connectivity index (χ0v) is 12.6. The van der Waals surface area contributed by atoms with Crippen molar-refractivity contribution in [3.8, 4) is 6.07 Å². The summed E-state index contributed by atoms with van der Waals surface area (Å²) in [5.74, 6) is -0.640. The van der Waals surface area contributed by atoms with E-state index in [9.17, 15) is 14.9 Å². The molecule has 1 amide bonds. The summed E-state index contributed by atoms with van der Waals surface area (Å²) < 4.78 is 0. The lowest BCUT2D eigenvalue weighted by atomic mass is 10.2. The first kappa shape index (κ1) is 16.7. The molecule has 0 aromatic heterocycles. The summed E-state index contributed by atoms with van der Waals surface area (Å²) in [7, 11) is 0. The molecule has 0 saturated heterocycles. The molecule has 2 rings (SSSR count). The van der Waals surface area contributed by atoms with Crippen molar-refractivity contribution < 1.29 is 9.72 Å². The molecule has 0 spiro atoms. The number of non-ortho nitro benzene ring substituents is 1. The third kappa shape index (κ3) is 4.68. The van der Waals surface area contributed by atoms with Crippen LogP contribution in [0.5, 0.6) is 0 Å². The monoisotopic (exact) mass is 322 g/mol. The smallest absolute Gasteiger partial charge is 0.271 e. The van der Waals surface area contributed by atoms with Gasteiger partial charge in [-0.2, -0.15) is 5.26 Å². The van der Waals surface area contributed by atoms with Crippen molar-refractivity contribution in [1.82, 2.24) is 5.32 Å². The molecular formula is C17H14N4O3. The van der Waals surface area contributed by atoms with E-state index in [1.54, 1.807) is 6.07 Å². The van der Waals surface area contributed by atoms with Gasteiger partial charge < -0.3 is 10.6 Å². The Hall–Kier alpha value is -3.66. The Morgan fingerprint density at radius 3 is 2.62 bits per heavy atom. The Kier molecular flexibility index (Phi) is 5.64. The van der Waals surface area contributed by atoms with E-state index in [4.69, 9.17) is 5.26 Å². The Balaban J connectivity index is 2.01.